The van der Waals surface area contributed by atoms with Crippen LogP contribution in [0.4, 0.5) is 4.39 Å². The first-order chi connectivity index (χ1) is 18.5. The van der Waals surface area contributed by atoms with Crippen LogP contribution in [0.25, 0.3) is 22.2 Å². The van der Waals surface area contributed by atoms with Crippen LogP contribution in [-0.2, 0) is 11.2 Å². The number of benzene rings is 3. The fourth-order valence-corrected chi connectivity index (χ4v) is 4.56. The number of nitrogens with two attached hydrogens (primary N) is 1. The summed E-state index contributed by atoms with van der Waals surface area (Å²) in [5.41, 5.74) is 10.4. The monoisotopic (exact) mass is 513 g/mol. The number of ether oxygens (including phenoxy) is 2. The standard InChI is InChI=1S/C23H23N3O3.C8H9F/c1-28-11-12-29-18-9-10-19-20(14-24)22(15-5-7-16(8-6-15)23(25)27)26(21(19)13-18)17-3-2-4-17;1-2-7-3-5-8(9)6-4-7/h5-10,13,17H,2-4,11-12H2,1H3,(H2,25,27);3-6H,2H2,1H3. The molecule has 196 valence electrons. The number of halogens is 1. The number of nitrogens with zero attached hydrogens (tertiary/aromatic N) is 2. The van der Waals surface area contributed by atoms with E-state index in [1.54, 1.807) is 31.4 Å². The van der Waals surface area contributed by atoms with Gasteiger partial charge in [0.15, 0.2) is 0 Å². The Labute approximate surface area is 222 Å². The van der Waals surface area contributed by atoms with Crippen molar-refractivity contribution in [1.82, 2.24) is 4.57 Å². The first kappa shape index (κ1) is 26.9. The van der Waals surface area contributed by atoms with E-state index in [2.05, 4.69) is 10.6 Å². The molecule has 2 N–H and O–H groups in total. The number of primary amides is 1. The molecule has 1 aromatic heterocycles. The van der Waals surface area contributed by atoms with Crippen LogP contribution in [0, 0.1) is 17.1 Å². The molecule has 6 nitrogen and oxygen atoms in total. The summed E-state index contributed by atoms with van der Waals surface area (Å²) in [4.78, 5) is 11.4. The first-order valence-electron chi connectivity index (χ1n) is 12.8. The molecule has 0 atom stereocenters. The van der Waals surface area contributed by atoms with Gasteiger partial charge in [0.25, 0.3) is 0 Å². The molecule has 1 heterocycles. The van der Waals surface area contributed by atoms with E-state index in [0.717, 1.165) is 47.2 Å². The predicted molar refractivity (Wildman–Crippen MR) is 147 cm³/mol. The highest BCUT2D eigenvalue weighted by Crippen LogP contribution is 2.43. The van der Waals surface area contributed by atoms with Crippen molar-refractivity contribution < 1.29 is 18.7 Å². The van der Waals surface area contributed by atoms with Gasteiger partial charge in [-0.05, 0) is 73.2 Å². The van der Waals surface area contributed by atoms with Gasteiger partial charge in [0.1, 0.15) is 24.2 Å². The highest BCUT2D eigenvalue weighted by molar-refractivity contribution is 5.97. The number of aryl methyl sites for hydroxylation is 1. The van der Waals surface area contributed by atoms with E-state index in [9.17, 15) is 14.4 Å². The second kappa shape index (κ2) is 12.4. The largest absolute Gasteiger partial charge is 0.491 e. The lowest BCUT2D eigenvalue weighted by Gasteiger charge is -2.30. The first-order valence-corrected chi connectivity index (χ1v) is 12.8. The molecular formula is C31H32FN3O3. The Morgan fingerprint density at radius 2 is 1.79 bits per heavy atom. The quantitative estimate of drug-likeness (QED) is 0.275. The number of hydrogen-bond donors (Lipinski definition) is 1. The Hall–Kier alpha value is -4.15. The molecule has 1 aliphatic carbocycles. The van der Waals surface area contributed by atoms with Crippen LogP contribution in [0.15, 0.2) is 66.7 Å². The third-order valence-corrected chi connectivity index (χ3v) is 6.85. The molecule has 3 aromatic carbocycles. The third kappa shape index (κ3) is 5.87. The van der Waals surface area contributed by atoms with Crippen molar-refractivity contribution in [2.75, 3.05) is 20.3 Å². The summed E-state index contributed by atoms with van der Waals surface area (Å²) < 4.78 is 25.3. The number of nitriles is 1. The van der Waals surface area contributed by atoms with Gasteiger partial charge in [-0.1, -0.05) is 31.2 Å². The van der Waals surface area contributed by atoms with Crippen LogP contribution in [0.2, 0.25) is 0 Å². The third-order valence-electron chi connectivity index (χ3n) is 6.85. The van der Waals surface area contributed by atoms with Crippen molar-refractivity contribution in [2.24, 2.45) is 5.73 Å². The summed E-state index contributed by atoms with van der Waals surface area (Å²) in [7, 11) is 1.64. The predicted octanol–water partition coefficient (Wildman–Crippen LogP) is 6.42. The number of carbonyl (C=O) groups is 1. The molecule has 1 fully saturated rings. The zero-order valence-corrected chi connectivity index (χ0v) is 21.7. The van der Waals surface area contributed by atoms with Gasteiger partial charge in [0.05, 0.1) is 23.4 Å². The molecule has 4 aromatic rings. The van der Waals surface area contributed by atoms with Gasteiger partial charge in [-0.2, -0.15) is 5.26 Å². The molecule has 0 spiro atoms. The minimum absolute atomic E-state index is 0.160. The number of amides is 1. The lowest BCUT2D eigenvalue weighted by molar-refractivity contribution is 0.100. The van der Waals surface area contributed by atoms with Gasteiger partial charge < -0.3 is 19.8 Å². The Balaban J connectivity index is 0.000000317. The summed E-state index contributed by atoms with van der Waals surface area (Å²) in [6, 6.07) is 22.3. The summed E-state index contributed by atoms with van der Waals surface area (Å²) in [5, 5.41) is 10.9. The zero-order chi connectivity index (χ0) is 27.1. The Morgan fingerprint density at radius 3 is 2.34 bits per heavy atom. The molecule has 1 amide bonds. The van der Waals surface area contributed by atoms with Crippen molar-refractivity contribution in [2.45, 2.75) is 38.6 Å². The molecule has 5 rings (SSSR count). The van der Waals surface area contributed by atoms with E-state index in [0.29, 0.717) is 30.4 Å². The molecular weight excluding hydrogens is 481 g/mol. The number of fused-ring (bicyclic) bond motifs is 1. The summed E-state index contributed by atoms with van der Waals surface area (Å²) in [5.74, 6) is 0.134. The molecule has 0 saturated heterocycles. The van der Waals surface area contributed by atoms with Gasteiger partial charge in [-0.3, -0.25) is 4.79 Å². The van der Waals surface area contributed by atoms with E-state index >= 15 is 0 Å². The van der Waals surface area contributed by atoms with Crippen LogP contribution >= 0.6 is 0 Å². The molecule has 7 heteroatoms. The SMILES string of the molecule is CCc1ccc(F)cc1.COCCOc1ccc2c(C#N)c(-c3ccc(C(N)=O)cc3)n(C3CCC3)c2c1. The van der Waals surface area contributed by atoms with Gasteiger partial charge in [-0.15, -0.1) is 0 Å². The van der Waals surface area contributed by atoms with E-state index in [1.165, 1.54) is 24.1 Å². The number of aromatic nitrogens is 1. The van der Waals surface area contributed by atoms with Crippen LogP contribution in [0.3, 0.4) is 0 Å². The van der Waals surface area contributed by atoms with Crippen molar-refractivity contribution in [1.29, 1.82) is 5.26 Å². The lowest BCUT2D eigenvalue weighted by Crippen LogP contribution is -2.18. The minimum atomic E-state index is -0.463. The molecule has 1 saturated carbocycles. The van der Waals surface area contributed by atoms with E-state index in [4.69, 9.17) is 15.2 Å². The molecule has 0 bridgehead atoms. The number of hydrogen-bond acceptors (Lipinski definition) is 4. The summed E-state index contributed by atoms with van der Waals surface area (Å²) in [6.45, 7) is 3.04. The fourth-order valence-electron chi connectivity index (χ4n) is 4.56. The zero-order valence-electron chi connectivity index (χ0n) is 21.7. The van der Waals surface area contributed by atoms with Crippen LogP contribution in [0.5, 0.6) is 5.75 Å². The lowest BCUT2D eigenvalue weighted by atomic mass is 9.92. The maximum Gasteiger partial charge on any atom is 0.248 e. The average molecular weight is 514 g/mol. The second-order valence-corrected chi connectivity index (χ2v) is 9.23. The van der Waals surface area contributed by atoms with E-state index in [-0.39, 0.29) is 5.82 Å². The van der Waals surface area contributed by atoms with Crippen molar-refractivity contribution in [3.63, 3.8) is 0 Å². The molecule has 0 radical (unpaired) electrons. The van der Waals surface area contributed by atoms with E-state index in [1.807, 2.05) is 37.3 Å². The molecule has 38 heavy (non-hydrogen) atoms. The molecule has 0 aliphatic heterocycles. The molecule has 0 unspecified atom stereocenters. The maximum absolute atomic E-state index is 12.2. The minimum Gasteiger partial charge on any atom is -0.491 e. The van der Waals surface area contributed by atoms with Gasteiger partial charge in [0, 0.05) is 30.2 Å². The number of rotatable bonds is 8. The Morgan fingerprint density at radius 1 is 1.08 bits per heavy atom. The summed E-state index contributed by atoms with van der Waals surface area (Å²) >= 11 is 0. The smallest absolute Gasteiger partial charge is 0.248 e. The van der Waals surface area contributed by atoms with Gasteiger partial charge in [-0.25, -0.2) is 4.39 Å². The van der Waals surface area contributed by atoms with Crippen LogP contribution in [-0.4, -0.2) is 30.8 Å². The summed E-state index contributed by atoms with van der Waals surface area (Å²) in [6.07, 6.45) is 4.31. The second-order valence-electron chi connectivity index (χ2n) is 9.23. The highest BCUT2D eigenvalue weighted by Gasteiger charge is 2.28. The van der Waals surface area contributed by atoms with Crippen molar-refractivity contribution in [3.05, 3.63) is 89.2 Å². The fraction of sp³-hybridized carbons (Fsp3) is 0.290. The highest BCUT2D eigenvalue weighted by atomic mass is 19.1. The average Bonchev–Trinajstić information content (AvgIpc) is 3.22. The molecule has 1 aliphatic rings. The van der Waals surface area contributed by atoms with Crippen molar-refractivity contribution in [3.8, 4) is 23.1 Å². The van der Waals surface area contributed by atoms with Crippen LogP contribution < -0.4 is 10.5 Å². The van der Waals surface area contributed by atoms with Gasteiger partial charge in [0.2, 0.25) is 5.91 Å². The van der Waals surface area contributed by atoms with Gasteiger partial charge >= 0.3 is 0 Å². The Bertz CT molecular complexity index is 1430. The number of methoxy groups -OCH3 is 1. The Kier molecular flexibility index (Phi) is 8.77. The normalized spacial score (nSPS) is 12.8. The maximum atomic E-state index is 12.2. The van der Waals surface area contributed by atoms with Crippen molar-refractivity contribution >= 4 is 16.8 Å². The van der Waals surface area contributed by atoms with Crippen LogP contribution in [0.1, 0.15) is 53.7 Å². The number of carbonyl (C=O) groups excluding carboxylic acids is 1. The van der Waals surface area contributed by atoms with E-state index < -0.39 is 5.91 Å². The topological polar surface area (TPSA) is 90.3 Å².